The number of alkyl halides is 2. The van der Waals surface area contributed by atoms with Crippen LogP contribution < -0.4 is 0 Å². The topological polar surface area (TPSA) is 95.5 Å². The monoisotopic (exact) mass is 476 g/mol. The summed E-state index contributed by atoms with van der Waals surface area (Å²) in [5.74, 6) is 0. The molecule has 0 amide bonds. The Hall–Kier alpha value is -4.50. The van der Waals surface area contributed by atoms with E-state index < -0.39 is 33.9 Å². The highest BCUT2D eigenvalue weighted by atomic mass is 19.3. The van der Waals surface area contributed by atoms with E-state index in [1.807, 2.05) is 0 Å². The summed E-state index contributed by atoms with van der Waals surface area (Å²) in [6, 6.07) is 25.8. The smallest absolute Gasteiger partial charge is 0.309 e. The average molecular weight is 476 g/mol. The van der Waals surface area contributed by atoms with E-state index in [0.29, 0.717) is 22.3 Å². The highest BCUT2D eigenvalue weighted by Gasteiger charge is 2.33. The first-order chi connectivity index (χ1) is 16.8. The van der Waals surface area contributed by atoms with Gasteiger partial charge < -0.3 is 4.74 Å². The van der Waals surface area contributed by atoms with Crippen LogP contribution in [0, 0.1) is 20.2 Å². The van der Waals surface area contributed by atoms with E-state index in [4.69, 9.17) is 4.74 Å². The van der Waals surface area contributed by atoms with Gasteiger partial charge >= 0.3 is 6.61 Å². The Bertz CT molecular complexity index is 1260. The summed E-state index contributed by atoms with van der Waals surface area (Å²) in [6.45, 7) is -3.33. The van der Waals surface area contributed by atoms with Crippen molar-refractivity contribution in [3.05, 3.63) is 128 Å². The Labute approximate surface area is 198 Å². The molecule has 0 N–H and O–H groups in total. The lowest BCUT2D eigenvalue weighted by Crippen LogP contribution is -2.14. The van der Waals surface area contributed by atoms with E-state index in [-0.39, 0.29) is 11.1 Å². The third kappa shape index (κ3) is 5.20. The molecule has 35 heavy (non-hydrogen) atoms. The number of benzene rings is 4. The second kappa shape index (κ2) is 10.2. The zero-order valence-corrected chi connectivity index (χ0v) is 18.1. The molecular formula is C26H18F2N2O5. The lowest BCUT2D eigenvalue weighted by Gasteiger charge is -2.19. The molecular weight excluding hydrogens is 458 g/mol. The Morgan fingerprint density at radius 3 is 1.34 bits per heavy atom. The van der Waals surface area contributed by atoms with Crippen molar-refractivity contribution in [2.24, 2.45) is 0 Å². The molecule has 0 aliphatic rings. The van der Waals surface area contributed by atoms with E-state index in [1.165, 1.54) is 36.4 Å². The van der Waals surface area contributed by atoms with Crippen LogP contribution in [0.25, 0.3) is 22.3 Å². The Morgan fingerprint density at radius 2 is 1.00 bits per heavy atom. The minimum absolute atomic E-state index is 0.217. The fourth-order valence-corrected chi connectivity index (χ4v) is 3.88. The fourth-order valence-electron chi connectivity index (χ4n) is 3.88. The fraction of sp³-hybridized carbons (Fsp3) is 0.0769. The van der Waals surface area contributed by atoms with Gasteiger partial charge in [-0.25, -0.2) is 0 Å². The average Bonchev–Trinajstić information content (AvgIpc) is 2.87. The SMILES string of the molecule is O=[N+]([O-])c1cc(-c2ccccc2)ccc1C(OC(F)F)c1ccc(-c2ccccc2)cc1[N+](=O)[O-]. The number of nitrogens with zero attached hydrogens (tertiary/aromatic N) is 2. The zero-order valence-electron chi connectivity index (χ0n) is 18.1. The normalized spacial score (nSPS) is 11.1. The van der Waals surface area contributed by atoms with E-state index in [9.17, 15) is 29.0 Å². The van der Waals surface area contributed by atoms with Crippen LogP contribution >= 0.6 is 0 Å². The maximum atomic E-state index is 13.4. The highest BCUT2D eigenvalue weighted by molar-refractivity contribution is 5.70. The van der Waals surface area contributed by atoms with E-state index in [2.05, 4.69) is 0 Å². The van der Waals surface area contributed by atoms with Gasteiger partial charge in [0, 0.05) is 12.1 Å². The summed E-state index contributed by atoms with van der Waals surface area (Å²) in [4.78, 5) is 22.4. The summed E-state index contributed by atoms with van der Waals surface area (Å²) in [7, 11) is 0. The number of halogens is 2. The third-order valence-electron chi connectivity index (χ3n) is 5.47. The molecule has 0 atom stereocenters. The summed E-state index contributed by atoms with van der Waals surface area (Å²) >= 11 is 0. The minimum Gasteiger partial charge on any atom is -0.309 e. The predicted molar refractivity (Wildman–Crippen MR) is 126 cm³/mol. The molecule has 0 spiro atoms. The molecule has 0 aliphatic heterocycles. The van der Waals surface area contributed by atoms with Gasteiger partial charge in [0.25, 0.3) is 11.4 Å². The van der Waals surface area contributed by atoms with Crippen LogP contribution in [0.4, 0.5) is 20.2 Å². The quantitative estimate of drug-likeness (QED) is 0.198. The number of nitro groups is 2. The molecule has 4 aromatic carbocycles. The molecule has 4 aromatic rings. The van der Waals surface area contributed by atoms with Crippen LogP contribution in [0.15, 0.2) is 97.1 Å². The van der Waals surface area contributed by atoms with Gasteiger partial charge in [-0.2, -0.15) is 8.78 Å². The molecule has 0 saturated heterocycles. The summed E-state index contributed by atoms with van der Waals surface area (Å²) in [6.07, 6.45) is -1.74. The van der Waals surface area contributed by atoms with Gasteiger partial charge in [-0.1, -0.05) is 72.8 Å². The maximum absolute atomic E-state index is 13.4. The summed E-state index contributed by atoms with van der Waals surface area (Å²) < 4.78 is 31.6. The molecule has 176 valence electrons. The first kappa shape index (κ1) is 23.7. The molecule has 7 nitrogen and oxygen atoms in total. The van der Waals surface area contributed by atoms with Crippen molar-refractivity contribution in [3.63, 3.8) is 0 Å². The van der Waals surface area contributed by atoms with Crippen molar-refractivity contribution in [1.29, 1.82) is 0 Å². The molecule has 4 rings (SSSR count). The third-order valence-corrected chi connectivity index (χ3v) is 5.47. The highest BCUT2D eigenvalue weighted by Crippen LogP contribution is 2.41. The van der Waals surface area contributed by atoms with Gasteiger partial charge in [-0.3, -0.25) is 20.2 Å². The maximum Gasteiger partial charge on any atom is 0.346 e. The van der Waals surface area contributed by atoms with E-state index in [0.717, 1.165) is 0 Å². The number of hydrogen-bond acceptors (Lipinski definition) is 5. The van der Waals surface area contributed by atoms with Crippen LogP contribution in [0.1, 0.15) is 17.2 Å². The predicted octanol–water partition coefficient (Wildman–Crippen LogP) is 7.17. The van der Waals surface area contributed by atoms with Crippen molar-refractivity contribution in [1.82, 2.24) is 0 Å². The Kier molecular flexibility index (Phi) is 6.88. The van der Waals surface area contributed by atoms with Gasteiger partial charge in [-0.15, -0.1) is 0 Å². The van der Waals surface area contributed by atoms with Crippen LogP contribution in [0.3, 0.4) is 0 Å². The second-order valence-corrected chi connectivity index (χ2v) is 7.57. The summed E-state index contributed by atoms with van der Waals surface area (Å²) in [5, 5.41) is 23.8. The standard InChI is InChI=1S/C26H18F2N2O5/c27-26(28)35-25(21-13-11-19(15-23(21)29(31)32)17-7-3-1-4-8-17)22-14-12-20(16-24(22)30(33)34)18-9-5-2-6-10-18/h1-16,25-26H. The van der Waals surface area contributed by atoms with Crippen molar-refractivity contribution in [2.45, 2.75) is 12.7 Å². The number of nitro benzene ring substituents is 2. The lowest BCUT2D eigenvalue weighted by molar-refractivity contribution is -0.388. The van der Waals surface area contributed by atoms with Crippen LogP contribution in [-0.2, 0) is 4.74 Å². The van der Waals surface area contributed by atoms with Gasteiger partial charge in [0.15, 0.2) is 0 Å². The van der Waals surface area contributed by atoms with Crippen LogP contribution in [-0.4, -0.2) is 16.5 Å². The van der Waals surface area contributed by atoms with Crippen LogP contribution in [0.2, 0.25) is 0 Å². The molecule has 0 bridgehead atoms. The first-order valence-corrected chi connectivity index (χ1v) is 10.5. The number of rotatable bonds is 8. The minimum atomic E-state index is -3.33. The van der Waals surface area contributed by atoms with E-state index >= 15 is 0 Å². The molecule has 0 saturated carbocycles. The Balaban J connectivity index is 1.87. The zero-order chi connectivity index (χ0) is 24.9. The van der Waals surface area contributed by atoms with E-state index in [1.54, 1.807) is 60.7 Å². The molecule has 9 heteroatoms. The van der Waals surface area contributed by atoms with Crippen molar-refractivity contribution in [2.75, 3.05) is 0 Å². The summed E-state index contributed by atoms with van der Waals surface area (Å²) in [5.41, 5.74) is 0.947. The lowest BCUT2D eigenvalue weighted by atomic mass is 9.93. The van der Waals surface area contributed by atoms with Gasteiger partial charge in [0.2, 0.25) is 0 Å². The number of hydrogen-bond donors (Lipinski definition) is 0. The molecule has 0 fully saturated rings. The second-order valence-electron chi connectivity index (χ2n) is 7.57. The molecule has 0 heterocycles. The van der Waals surface area contributed by atoms with Crippen molar-refractivity contribution in [3.8, 4) is 22.3 Å². The van der Waals surface area contributed by atoms with Crippen molar-refractivity contribution >= 4 is 11.4 Å². The largest absolute Gasteiger partial charge is 0.346 e. The van der Waals surface area contributed by atoms with Gasteiger partial charge in [-0.05, 0) is 34.4 Å². The molecule has 0 radical (unpaired) electrons. The Morgan fingerprint density at radius 1 is 0.600 bits per heavy atom. The first-order valence-electron chi connectivity index (χ1n) is 10.5. The number of ether oxygens (including phenoxy) is 1. The molecule has 0 aromatic heterocycles. The molecule has 0 unspecified atom stereocenters. The molecule has 0 aliphatic carbocycles. The van der Waals surface area contributed by atoms with Crippen LogP contribution in [0.5, 0.6) is 0 Å². The van der Waals surface area contributed by atoms with Gasteiger partial charge in [0.05, 0.1) is 21.0 Å². The van der Waals surface area contributed by atoms with Crippen molar-refractivity contribution < 1.29 is 23.4 Å². The van der Waals surface area contributed by atoms with Gasteiger partial charge in [0.1, 0.15) is 6.10 Å².